The van der Waals surface area contributed by atoms with E-state index in [0.717, 1.165) is 51.1 Å². The van der Waals surface area contributed by atoms with E-state index in [-0.39, 0.29) is 34.9 Å². The van der Waals surface area contributed by atoms with Crippen LogP contribution < -0.4 is 10.1 Å². The zero-order chi connectivity index (χ0) is 29.9. The minimum absolute atomic E-state index is 0.0656. The Hall–Kier alpha value is -3.19. The molecule has 216 valence electrons. The predicted molar refractivity (Wildman–Crippen MR) is 165 cm³/mol. The third-order valence-electron chi connectivity index (χ3n) is 8.49. The van der Waals surface area contributed by atoms with Gasteiger partial charge < -0.3 is 15.0 Å². The fourth-order valence-corrected chi connectivity index (χ4v) is 6.93. The summed E-state index contributed by atoms with van der Waals surface area (Å²) in [4.78, 5) is 42.8. The van der Waals surface area contributed by atoms with E-state index in [4.69, 9.17) is 4.74 Å². The molecule has 1 heterocycles. The summed E-state index contributed by atoms with van der Waals surface area (Å²) in [5.74, 6) is -0.195. The van der Waals surface area contributed by atoms with Gasteiger partial charge in [0.05, 0.1) is 0 Å². The number of ether oxygens (including phenoxy) is 1. The Morgan fingerprint density at radius 1 is 0.927 bits per heavy atom. The Bertz CT molecular complexity index is 1480. The van der Waals surface area contributed by atoms with Crippen LogP contribution in [-0.2, 0) is 14.4 Å². The van der Waals surface area contributed by atoms with Gasteiger partial charge in [0, 0.05) is 64.1 Å². The molecule has 3 aliphatic rings. The molecule has 2 aromatic rings. The van der Waals surface area contributed by atoms with Crippen molar-refractivity contribution in [3.8, 4) is 5.75 Å². The summed E-state index contributed by atoms with van der Waals surface area (Å²) < 4.78 is 6.99. The maximum absolute atomic E-state index is 13.9. The van der Waals surface area contributed by atoms with E-state index in [1.165, 1.54) is 0 Å². The first-order valence-corrected chi connectivity index (χ1v) is 15.0. The van der Waals surface area contributed by atoms with Gasteiger partial charge in [0.2, 0.25) is 0 Å². The number of anilines is 1. The number of ketones is 2. The largest absolute Gasteiger partial charge is 0.483 e. The number of hydrogen-bond acceptors (Lipinski definition) is 5. The molecule has 0 saturated heterocycles. The second-order valence-corrected chi connectivity index (χ2v) is 14.3. The number of Topliss-reactive ketones (excluding diaryl/α,β-unsaturated/α-hetero) is 2. The summed E-state index contributed by atoms with van der Waals surface area (Å²) in [5, 5.41) is 2.95. The van der Waals surface area contributed by atoms with Crippen molar-refractivity contribution in [2.45, 2.75) is 73.1 Å². The summed E-state index contributed by atoms with van der Waals surface area (Å²) in [6.07, 6.45) is 2.33. The Morgan fingerprint density at radius 3 is 2.10 bits per heavy atom. The van der Waals surface area contributed by atoms with Crippen LogP contribution in [0, 0.1) is 24.7 Å². The highest BCUT2D eigenvalue weighted by Crippen LogP contribution is 2.55. The number of aryl methyl sites for hydroxylation is 2. The van der Waals surface area contributed by atoms with Crippen LogP contribution in [0.1, 0.15) is 76.0 Å². The molecule has 1 N–H and O–H groups in total. The molecule has 0 bridgehead atoms. The van der Waals surface area contributed by atoms with Crippen molar-refractivity contribution < 1.29 is 19.1 Å². The first-order valence-electron chi connectivity index (χ1n) is 14.2. The first-order chi connectivity index (χ1) is 19.2. The second kappa shape index (κ2) is 10.6. The van der Waals surface area contributed by atoms with E-state index in [1.54, 1.807) is 0 Å². The van der Waals surface area contributed by atoms with E-state index in [1.807, 2.05) is 57.3 Å². The van der Waals surface area contributed by atoms with Crippen LogP contribution in [0.15, 0.2) is 63.4 Å². The summed E-state index contributed by atoms with van der Waals surface area (Å²) in [6, 6.07) is 11.5. The maximum Gasteiger partial charge on any atom is 0.262 e. The maximum atomic E-state index is 13.9. The third-order valence-corrected chi connectivity index (χ3v) is 8.98. The molecule has 7 heteroatoms. The Kier molecular flexibility index (Phi) is 7.56. The minimum atomic E-state index is -0.544. The number of rotatable bonds is 5. The normalized spacial score (nSPS) is 20.1. The van der Waals surface area contributed by atoms with Crippen molar-refractivity contribution in [2.75, 3.05) is 19.0 Å². The highest BCUT2D eigenvalue weighted by molar-refractivity contribution is 9.10. The van der Waals surface area contributed by atoms with Gasteiger partial charge in [-0.25, -0.2) is 0 Å². The first kappa shape index (κ1) is 29.3. The molecular weight excluding hydrogens is 580 g/mol. The van der Waals surface area contributed by atoms with Gasteiger partial charge >= 0.3 is 0 Å². The third kappa shape index (κ3) is 5.78. The molecule has 0 unspecified atom stereocenters. The lowest BCUT2D eigenvalue weighted by atomic mass is 9.63. The summed E-state index contributed by atoms with van der Waals surface area (Å²) >= 11 is 3.61. The molecule has 0 aromatic heterocycles. The number of allylic oxidation sites excluding steroid dienone is 4. The van der Waals surface area contributed by atoms with Crippen molar-refractivity contribution in [2.24, 2.45) is 10.8 Å². The van der Waals surface area contributed by atoms with Crippen LogP contribution in [0.5, 0.6) is 5.75 Å². The molecule has 1 aliphatic heterocycles. The van der Waals surface area contributed by atoms with Crippen LogP contribution in [0.4, 0.5) is 5.69 Å². The van der Waals surface area contributed by atoms with Crippen molar-refractivity contribution in [3.63, 3.8) is 0 Å². The quantitative estimate of drug-likeness (QED) is 0.378. The highest BCUT2D eigenvalue weighted by atomic mass is 79.9. The molecule has 0 radical (unpaired) electrons. The zero-order valence-corrected chi connectivity index (χ0v) is 26.6. The Balaban J connectivity index is 1.57. The van der Waals surface area contributed by atoms with Crippen molar-refractivity contribution in [1.82, 2.24) is 4.90 Å². The molecule has 41 heavy (non-hydrogen) atoms. The molecule has 2 aliphatic carbocycles. The molecular formula is C34H39BrN2O4. The van der Waals surface area contributed by atoms with Gasteiger partial charge in [0.1, 0.15) is 5.75 Å². The standard InChI is InChI=1S/C34H39BrN2O4/c1-19-8-9-20(2)23(12-19)36-29(40)18-41-28-11-10-21(35)13-22(28)30-31-24(14-33(3,4)16-26(31)38)37(7)25-15-34(5,6)17-27(39)32(25)30/h8-13,30H,14-18H2,1-7H3,(H,36,40). The van der Waals surface area contributed by atoms with Crippen molar-refractivity contribution in [3.05, 3.63) is 80.1 Å². The smallest absolute Gasteiger partial charge is 0.262 e. The fraction of sp³-hybridized carbons (Fsp3) is 0.441. The van der Waals surface area contributed by atoms with Gasteiger partial charge in [0.25, 0.3) is 5.91 Å². The van der Waals surface area contributed by atoms with Crippen LogP contribution in [0.2, 0.25) is 0 Å². The number of halogens is 1. The lowest BCUT2D eigenvalue weighted by Crippen LogP contribution is -2.43. The molecule has 0 atom stereocenters. The average molecular weight is 620 g/mol. The van der Waals surface area contributed by atoms with E-state index in [2.05, 4.69) is 53.8 Å². The number of amides is 1. The second-order valence-electron chi connectivity index (χ2n) is 13.4. The van der Waals surface area contributed by atoms with Gasteiger partial charge in [-0.05, 0) is 72.9 Å². The van der Waals surface area contributed by atoms with E-state index in [0.29, 0.717) is 29.7 Å². The fourth-order valence-electron chi connectivity index (χ4n) is 6.55. The number of hydrogen-bond donors (Lipinski definition) is 1. The van der Waals surface area contributed by atoms with Gasteiger partial charge in [-0.1, -0.05) is 55.8 Å². The van der Waals surface area contributed by atoms with Gasteiger partial charge in [0.15, 0.2) is 18.2 Å². The number of carbonyl (C=O) groups is 3. The Labute approximate surface area is 251 Å². The average Bonchev–Trinajstić information content (AvgIpc) is 2.85. The van der Waals surface area contributed by atoms with Gasteiger partial charge in [-0.3, -0.25) is 14.4 Å². The topological polar surface area (TPSA) is 75.7 Å². The lowest BCUT2D eigenvalue weighted by Gasteiger charge is -2.48. The number of carbonyl (C=O) groups excluding carboxylic acids is 3. The summed E-state index contributed by atoms with van der Waals surface area (Å²) in [5.41, 5.74) is 6.48. The van der Waals surface area contributed by atoms with E-state index in [9.17, 15) is 14.4 Å². The van der Waals surface area contributed by atoms with E-state index >= 15 is 0 Å². The molecule has 0 spiro atoms. The molecule has 0 saturated carbocycles. The van der Waals surface area contributed by atoms with Crippen LogP contribution >= 0.6 is 15.9 Å². The molecule has 0 fully saturated rings. The van der Waals surface area contributed by atoms with Crippen LogP contribution in [0.25, 0.3) is 0 Å². The van der Waals surface area contributed by atoms with E-state index < -0.39 is 5.92 Å². The van der Waals surface area contributed by atoms with Crippen molar-refractivity contribution >= 4 is 39.1 Å². The molecule has 1 amide bonds. The molecule has 5 rings (SSSR count). The molecule has 2 aromatic carbocycles. The van der Waals surface area contributed by atoms with Crippen LogP contribution in [-0.4, -0.2) is 36.0 Å². The van der Waals surface area contributed by atoms with Crippen LogP contribution in [0.3, 0.4) is 0 Å². The molecule has 6 nitrogen and oxygen atoms in total. The SMILES string of the molecule is Cc1ccc(C)c(NC(=O)COc2ccc(Br)cc2C2C3=C(CC(C)(C)CC3=O)N(C)C3=C2C(=O)CC(C)(C)C3)c1. The number of benzene rings is 2. The monoisotopic (exact) mass is 618 g/mol. The highest BCUT2D eigenvalue weighted by Gasteiger charge is 2.48. The summed E-state index contributed by atoms with van der Waals surface area (Å²) in [7, 11) is 2.00. The Morgan fingerprint density at radius 2 is 1.51 bits per heavy atom. The lowest BCUT2D eigenvalue weighted by molar-refractivity contribution is -0.120. The number of nitrogens with zero attached hydrogens (tertiary/aromatic N) is 1. The minimum Gasteiger partial charge on any atom is -0.483 e. The summed E-state index contributed by atoms with van der Waals surface area (Å²) in [6.45, 7) is 12.2. The predicted octanol–water partition coefficient (Wildman–Crippen LogP) is 7.40. The number of nitrogens with one attached hydrogen (secondary N) is 1. The zero-order valence-electron chi connectivity index (χ0n) is 25.0. The van der Waals surface area contributed by atoms with Gasteiger partial charge in [-0.2, -0.15) is 0 Å². The van der Waals surface area contributed by atoms with Gasteiger partial charge in [-0.15, -0.1) is 0 Å². The van der Waals surface area contributed by atoms with Crippen molar-refractivity contribution in [1.29, 1.82) is 0 Å².